The van der Waals surface area contributed by atoms with E-state index in [1.54, 1.807) is 6.08 Å². The summed E-state index contributed by atoms with van der Waals surface area (Å²) in [6.45, 7) is 0. The van der Waals surface area contributed by atoms with Crippen molar-refractivity contribution in [3.63, 3.8) is 0 Å². The van der Waals surface area contributed by atoms with Gasteiger partial charge >= 0.3 is 0 Å². The van der Waals surface area contributed by atoms with E-state index in [0.717, 1.165) is 12.1 Å². The van der Waals surface area contributed by atoms with Gasteiger partial charge in [-0.15, -0.1) is 0 Å². The zero-order valence-electron chi connectivity index (χ0n) is 13.0. The molecule has 4 nitrogen and oxygen atoms in total. The van der Waals surface area contributed by atoms with Gasteiger partial charge in [0.05, 0.1) is 5.69 Å². The Morgan fingerprint density at radius 1 is 1.08 bits per heavy atom. The SMILES string of the molecule is OC1NC=Cc2nc(Nc3c(F)cc(Cl)cc3F)c3ccc(F)cc3c21. The third-order valence-electron chi connectivity index (χ3n) is 4.05. The molecule has 0 spiro atoms. The summed E-state index contributed by atoms with van der Waals surface area (Å²) in [5, 5.41) is 16.2. The van der Waals surface area contributed by atoms with Gasteiger partial charge in [-0.3, -0.25) is 0 Å². The number of aliphatic hydroxyl groups is 1. The van der Waals surface area contributed by atoms with Gasteiger partial charge in [0.25, 0.3) is 0 Å². The number of rotatable bonds is 2. The van der Waals surface area contributed by atoms with Crippen LogP contribution in [0.2, 0.25) is 5.02 Å². The van der Waals surface area contributed by atoms with Gasteiger partial charge in [-0.2, -0.15) is 0 Å². The van der Waals surface area contributed by atoms with Crippen molar-refractivity contribution < 1.29 is 18.3 Å². The third kappa shape index (κ3) is 2.75. The molecule has 2 heterocycles. The zero-order chi connectivity index (χ0) is 18.4. The summed E-state index contributed by atoms with van der Waals surface area (Å²) in [4.78, 5) is 4.33. The molecular formula is C18H11ClF3N3O. The van der Waals surface area contributed by atoms with Crippen LogP contribution in [0.3, 0.4) is 0 Å². The molecule has 3 aromatic rings. The Balaban J connectivity index is 1.95. The molecule has 0 radical (unpaired) electrons. The number of benzene rings is 2. The number of hydrogen-bond donors (Lipinski definition) is 3. The van der Waals surface area contributed by atoms with Gasteiger partial charge in [0.15, 0.2) is 17.9 Å². The lowest BCUT2D eigenvalue weighted by atomic mass is 10.00. The van der Waals surface area contributed by atoms with Crippen molar-refractivity contribution in [2.75, 3.05) is 5.32 Å². The van der Waals surface area contributed by atoms with Crippen LogP contribution in [0.4, 0.5) is 24.7 Å². The van der Waals surface area contributed by atoms with E-state index in [0.29, 0.717) is 22.0 Å². The molecule has 0 saturated heterocycles. The molecule has 1 aliphatic rings. The lowest BCUT2D eigenvalue weighted by molar-refractivity contribution is 0.155. The van der Waals surface area contributed by atoms with Crippen molar-refractivity contribution in [2.45, 2.75) is 6.23 Å². The van der Waals surface area contributed by atoms with Crippen LogP contribution in [0.25, 0.3) is 16.8 Å². The molecule has 0 bridgehead atoms. The van der Waals surface area contributed by atoms with Gasteiger partial charge < -0.3 is 15.7 Å². The first-order chi connectivity index (χ1) is 12.4. The lowest BCUT2D eigenvalue weighted by Crippen LogP contribution is -2.20. The summed E-state index contributed by atoms with van der Waals surface area (Å²) in [7, 11) is 0. The molecule has 1 aromatic heterocycles. The second kappa shape index (κ2) is 6.19. The summed E-state index contributed by atoms with van der Waals surface area (Å²) in [5.74, 6) is -2.16. The highest BCUT2D eigenvalue weighted by atomic mass is 35.5. The molecule has 0 fully saturated rings. The molecule has 2 aromatic carbocycles. The van der Waals surface area contributed by atoms with Gasteiger partial charge in [0.1, 0.15) is 17.3 Å². The van der Waals surface area contributed by atoms with Crippen LogP contribution in [0.5, 0.6) is 0 Å². The first-order valence-electron chi connectivity index (χ1n) is 7.59. The largest absolute Gasteiger partial charge is 0.369 e. The molecule has 3 N–H and O–H groups in total. The summed E-state index contributed by atoms with van der Waals surface area (Å²) in [6.07, 6.45) is 1.98. The van der Waals surface area contributed by atoms with Crippen LogP contribution >= 0.6 is 11.6 Å². The molecule has 1 aliphatic heterocycles. The van der Waals surface area contributed by atoms with E-state index in [4.69, 9.17) is 11.6 Å². The molecule has 0 aliphatic carbocycles. The predicted molar refractivity (Wildman–Crippen MR) is 93.5 cm³/mol. The number of nitrogens with one attached hydrogen (secondary N) is 2. The van der Waals surface area contributed by atoms with E-state index in [2.05, 4.69) is 15.6 Å². The van der Waals surface area contributed by atoms with E-state index in [1.165, 1.54) is 24.4 Å². The lowest BCUT2D eigenvalue weighted by Gasteiger charge is -2.22. The minimum Gasteiger partial charge on any atom is -0.369 e. The highest BCUT2D eigenvalue weighted by Gasteiger charge is 2.22. The van der Waals surface area contributed by atoms with Gasteiger partial charge in [-0.25, -0.2) is 18.2 Å². The molecule has 0 saturated carbocycles. The van der Waals surface area contributed by atoms with Crippen molar-refractivity contribution in [3.8, 4) is 0 Å². The van der Waals surface area contributed by atoms with Gasteiger partial charge in [-0.05, 0) is 41.8 Å². The topological polar surface area (TPSA) is 57.2 Å². The normalized spacial score (nSPS) is 15.7. The average Bonchev–Trinajstić information content (AvgIpc) is 2.57. The number of fused-ring (bicyclic) bond motifs is 3. The minimum atomic E-state index is -1.08. The number of pyridine rings is 1. The average molecular weight is 378 g/mol. The fraction of sp³-hybridized carbons (Fsp3) is 0.0556. The van der Waals surface area contributed by atoms with Crippen LogP contribution in [-0.4, -0.2) is 10.1 Å². The maximum atomic E-state index is 14.1. The maximum absolute atomic E-state index is 14.1. The highest BCUT2D eigenvalue weighted by molar-refractivity contribution is 6.30. The van der Waals surface area contributed by atoms with Gasteiger partial charge in [0, 0.05) is 22.2 Å². The standard InChI is InChI=1S/C18H11ClF3N3O/c19-8-5-12(21)16(13(22)6-8)25-17-10-2-1-9(20)7-11(10)15-14(24-17)3-4-23-18(15)26/h1-7,18,23,26H,(H,24,25). The number of hydrogen-bond acceptors (Lipinski definition) is 4. The Labute approximate surface area is 150 Å². The molecule has 1 unspecified atom stereocenters. The van der Waals surface area contributed by atoms with Crippen LogP contribution in [0, 0.1) is 17.5 Å². The van der Waals surface area contributed by atoms with Crippen LogP contribution in [0.15, 0.2) is 36.5 Å². The van der Waals surface area contributed by atoms with Crippen molar-refractivity contribution in [3.05, 3.63) is 70.3 Å². The van der Waals surface area contributed by atoms with Gasteiger partial charge in [-0.1, -0.05) is 11.6 Å². The van der Waals surface area contributed by atoms with E-state index in [-0.39, 0.29) is 10.8 Å². The predicted octanol–water partition coefficient (Wildman–Crippen LogP) is 4.61. The second-order valence-electron chi connectivity index (χ2n) is 5.72. The zero-order valence-corrected chi connectivity index (χ0v) is 13.8. The molecule has 26 heavy (non-hydrogen) atoms. The number of aliphatic hydroxyl groups excluding tert-OH is 1. The highest BCUT2D eigenvalue weighted by Crippen LogP contribution is 2.35. The number of anilines is 2. The van der Waals surface area contributed by atoms with E-state index < -0.39 is 29.4 Å². The fourth-order valence-electron chi connectivity index (χ4n) is 2.92. The minimum absolute atomic E-state index is 0.0759. The second-order valence-corrected chi connectivity index (χ2v) is 6.16. The Kier molecular flexibility index (Phi) is 3.97. The smallest absolute Gasteiger partial charge is 0.153 e. The quantitative estimate of drug-likeness (QED) is 0.610. The third-order valence-corrected chi connectivity index (χ3v) is 4.27. The molecule has 1 atom stereocenters. The van der Waals surface area contributed by atoms with Crippen molar-refractivity contribution in [1.29, 1.82) is 0 Å². The van der Waals surface area contributed by atoms with E-state index in [9.17, 15) is 18.3 Å². The summed E-state index contributed by atoms with van der Waals surface area (Å²) in [6, 6.07) is 5.81. The Morgan fingerprint density at radius 2 is 1.81 bits per heavy atom. The number of halogens is 4. The Bertz CT molecular complexity index is 1050. The van der Waals surface area contributed by atoms with E-state index >= 15 is 0 Å². The first kappa shape index (κ1) is 16.7. The summed E-state index contributed by atoms with van der Waals surface area (Å²) in [5.41, 5.74) is 0.308. The molecule has 4 rings (SSSR count). The Morgan fingerprint density at radius 3 is 2.54 bits per heavy atom. The number of nitrogens with zero attached hydrogens (tertiary/aromatic N) is 1. The molecule has 0 amide bonds. The van der Waals surface area contributed by atoms with Crippen LogP contribution in [-0.2, 0) is 0 Å². The van der Waals surface area contributed by atoms with Crippen molar-refractivity contribution >= 4 is 40.0 Å². The molecule has 132 valence electrons. The van der Waals surface area contributed by atoms with Crippen molar-refractivity contribution in [1.82, 2.24) is 10.3 Å². The van der Waals surface area contributed by atoms with E-state index in [1.807, 2.05) is 0 Å². The Hall–Kier alpha value is -2.77. The molecular weight excluding hydrogens is 367 g/mol. The monoisotopic (exact) mass is 377 g/mol. The van der Waals surface area contributed by atoms with Crippen LogP contribution in [0.1, 0.15) is 17.5 Å². The molecule has 8 heteroatoms. The van der Waals surface area contributed by atoms with Crippen LogP contribution < -0.4 is 10.6 Å². The summed E-state index contributed by atoms with van der Waals surface area (Å²) >= 11 is 5.64. The fourth-order valence-corrected chi connectivity index (χ4v) is 3.11. The number of aromatic nitrogens is 1. The first-order valence-corrected chi connectivity index (χ1v) is 7.97. The summed E-state index contributed by atoms with van der Waals surface area (Å²) < 4.78 is 42.0. The van der Waals surface area contributed by atoms with Crippen molar-refractivity contribution in [2.24, 2.45) is 0 Å². The maximum Gasteiger partial charge on any atom is 0.153 e. The van der Waals surface area contributed by atoms with Gasteiger partial charge in [0.2, 0.25) is 0 Å².